The zero-order valence-corrected chi connectivity index (χ0v) is 10.6. The summed E-state index contributed by atoms with van der Waals surface area (Å²) in [4.78, 5) is 0. The number of aliphatic hydroxyl groups is 1. The van der Waals surface area contributed by atoms with Crippen molar-refractivity contribution in [2.24, 2.45) is 0 Å². The Balaban J connectivity index is 2.92. The van der Waals surface area contributed by atoms with Crippen molar-refractivity contribution >= 4 is 27.5 Å². The molecule has 0 aromatic heterocycles. The number of hydrogen-bond acceptors (Lipinski definition) is 3. The summed E-state index contributed by atoms with van der Waals surface area (Å²) in [5, 5.41) is 21.8. The van der Waals surface area contributed by atoms with Crippen LogP contribution in [0.3, 0.4) is 0 Å². The molecule has 0 radical (unpaired) electrons. The van der Waals surface area contributed by atoms with Crippen LogP contribution in [-0.4, -0.2) is 23.4 Å². The summed E-state index contributed by atoms with van der Waals surface area (Å²) in [6, 6.07) is 3.38. The van der Waals surface area contributed by atoms with Crippen LogP contribution >= 0.6 is 27.5 Å². The van der Waals surface area contributed by atoms with E-state index in [2.05, 4.69) is 21.2 Å². The molecule has 0 spiro atoms. The van der Waals surface area contributed by atoms with Crippen LogP contribution in [0.1, 0.15) is 18.5 Å². The van der Waals surface area contributed by atoms with Gasteiger partial charge in [-0.05, 0) is 19.1 Å². The van der Waals surface area contributed by atoms with Gasteiger partial charge in [0, 0.05) is 22.6 Å². The van der Waals surface area contributed by atoms with E-state index in [9.17, 15) is 5.11 Å². The first-order chi connectivity index (χ1) is 7.06. The number of hydrogen-bond donors (Lipinski definition) is 3. The quantitative estimate of drug-likeness (QED) is 0.799. The van der Waals surface area contributed by atoms with Gasteiger partial charge < -0.3 is 15.5 Å². The Morgan fingerprint density at radius 1 is 1.53 bits per heavy atom. The van der Waals surface area contributed by atoms with Crippen molar-refractivity contribution < 1.29 is 10.2 Å². The predicted molar refractivity (Wildman–Crippen MR) is 64.3 cm³/mol. The summed E-state index contributed by atoms with van der Waals surface area (Å²) in [6.45, 7) is 2.44. The Morgan fingerprint density at radius 3 is 2.80 bits per heavy atom. The Bertz CT molecular complexity index is 346. The smallest absolute Gasteiger partial charge is 0.139 e. The van der Waals surface area contributed by atoms with E-state index in [1.807, 2.05) is 6.92 Å². The monoisotopic (exact) mass is 293 g/mol. The van der Waals surface area contributed by atoms with E-state index in [0.717, 1.165) is 4.47 Å². The van der Waals surface area contributed by atoms with Gasteiger partial charge in [0.15, 0.2) is 0 Å². The summed E-state index contributed by atoms with van der Waals surface area (Å²) in [5.74, 6) is 0.0813. The fourth-order valence-corrected chi connectivity index (χ4v) is 2.14. The molecule has 84 valence electrons. The van der Waals surface area contributed by atoms with Gasteiger partial charge in [0.05, 0.1) is 11.6 Å². The van der Waals surface area contributed by atoms with E-state index in [1.165, 1.54) is 0 Å². The van der Waals surface area contributed by atoms with E-state index in [1.54, 1.807) is 12.1 Å². The fraction of sp³-hybridized carbons (Fsp3) is 0.400. The Morgan fingerprint density at radius 2 is 2.20 bits per heavy atom. The maximum atomic E-state index is 9.74. The maximum absolute atomic E-state index is 9.74. The molecule has 1 atom stereocenters. The molecule has 1 aromatic rings. The van der Waals surface area contributed by atoms with Crippen LogP contribution in [0.2, 0.25) is 5.02 Å². The molecule has 5 heteroatoms. The van der Waals surface area contributed by atoms with Crippen molar-refractivity contribution in [2.45, 2.75) is 13.0 Å². The van der Waals surface area contributed by atoms with Crippen molar-refractivity contribution in [1.29, 1.82) is 0 Å². The minimum atomic E-state index is -0.0628. The first-order valence-corrected chi connectivity index (χ1v) is 5.75. The van der Waals surface area contributed by atoms with Crippen LogP contribution in [0.4, 0.5) is 0 Å². The molecule has 0 bridgehead atoms. The number of aliphatic hydroxyl groups excluding tert-OH is 1. The molecule has 0 heterocycles. The Hall–Kier alpha value is -0.290. The van der Waals surface area contributed by atoms with Crippen LogP contribution < -0.4 is 5.32 Å². The number of aromatic hydroxyl groups is 1. The highest BCUT2D eigenvalue weighted by molar-refractivity contribution is 9.10. The molecular formula is C10H13BrClNO2. The van der Waals surface area contributed by atoms with Gasteiger partial charge in [-0.3, -0.25) is 0 Å². The number of halogens is 2. The Kier molecular flexibility index (Phi) is 4.86. The number of phenols is 1. The topological polar surface area (TPSA) is 52.5 Å². The van der Waals surface area contributed by atoms with Crippen LogP contribution in [0.15, 0.2) is 16.6 Å². The van der Waals surface area contributed by atoms with Gasteiger partial charge in [-0.2, -0.15) is 0 Å². The highest BCUT2D eigenvalue weighted by Gasteiger charge is 2.13. The van der Waals surface area contributed by atoms with E-state index >= 15 is 0 Å². The summed E-state index contributed by atoms with van der Waals surface area (Å²) >= 11 is 9.15. The lowest BCUT2D eigenvalue weighted by molar-refractivity contribution is 0.285. The molecule has 15 heavy (non-hydrogen) atoms. The normalized spacial score (nSPS) is 12.8. The highest BCUT2D eigenvalue weighted by atomic mass is 79.9. The van der Waals surface area contributed by atoms with E-state index < -0.39 is 0 Å². The summed E-state index contributed by atoms with van der Waals surface area (Å²) in [7, 11) is 0. The highest BCUT2D eigenvalue weighted by Crippen LogP contribution is 2.34. The average molecular weight is 295 g/mol. The molecule has 3 N–H and O–H groups in total. The Labute approximate surface area is 102 Å². The molecular weight excluding hydrogens is 281 g/mol. The zero-order chi connectivity index (χ0) is 11.4. The molecule has 1 aromatic carbocycles. The van der Waals surface area contributed by atoms with Gasteiger partial charge in [-0.15, -0.1) is 0 Å². The molecule has 0 amide bonds. The second kappa shape index (κ2) is 5.70. The molecule has 0 saturated heterocycles. The van der Waals surface area contributed by atoms with E-state index in [-0.39, 0.29) is 18.4 Å². The number of nitrogens with one attached hydrogen (secondary N) is 1. The zero-order valence-electron chi connectivity index (χ0n) is 8.30. The number of rotatable bonds is 4. The molecule has 0 aliphatic rings. The van der Waals surface area contributed by atoms with Gasteiger partial charge >= 0.3 is 0 Å². The van der Waals surface area contributed by atoms with E-state index in [0.29, 0.717) is 17.1 Å². The van der Waals surface area contributed by atoms with Crippen molar-refractivity contribution in [3.8, 4) is 5.75 Å². The lowest BCUT2D eigenvalue weighted by atomic mass is 10.1. The van der Waals surface area contributed by atoms with Gasteiger partial charge in [0.2, 0.25) is 0 Å². The summed E-state index contributed by atoms with van der Waals surface area (Å²) < 4.78 is 0.818. The lowest BCUT2D eigenvalue weighted by Gasteiger charge is -2.16. The molecule has 0 aliphatic heterocycles. The molecule has 3 nitrogen and oxygen atoms in total. The third-order valence-electron chi connectivity index (χ3n) is 2.09. The van der Waals surface area contributed by atoms with Gasteiger partial charge in [-0.1, -0.05) is 27.5 Å². The standard InChI is InChI=1S/C10H13BrClNO2/c1-6(13-2-3-14)8-4-7(11)5-9(12)10(8)15/h4-6,13-15H,2-3H2,1H3. The summed E-state index contributed by atoms with van der Waals surface area (Å²) in [5.41, 5.74) is 0.711. The molecule has 1 rings (SSSR count). The fourth-order valence-electron chi connectivity index (χ4n) is 1.31. The third kappa shape index (κ3) is 3.34. The van der Waals surface area contributed by atoms with Crippen molar-refractivity contribution in [3.05, 3.63) is 27.2 Å². The van der Waals surface area contributed by atoms with E-state index in [4.69, 9.17) is 16.7 Å². The molecule has 1 unspecified atom stereocenters. The molecule has 0 aliphatic carbocycles. The first-order valence-electron chi connectivity index (χ1n) is 4.58. The van der Waals surface area contributed by atoms with Crippen molar-refractivity contribution in [3.63, 3.8) is 0 Å². The molecule has 0 fully saturated rings. The maximum Gasteiger partial charge on any atom is 0.139 e. The van der Waals surface area contributed by atoms with Crippen LogP contribution in [0.25, 0.3) is 0 Å². The van der Waals surface area contributed by atoms with Gasteiger partial charge in [0.25, 0.3) is 0 Å². The minimum Gasteiger partial charge on any atom is -0.506 e. The predicted octanol–water partition coefficient (Wildman–Crippen LogP) is 2.45. The van der Waals surface area contributed by atoms with Crippen LogP contribution in [0, 0.1) is 0 Å². The number of phenolic OH excluding ortho intramolecular Hbond substituents is 1. The molecule has 0 saturated carbocycles. The van der Waals surface area contributed by atoms with Crippen LogP contribution in [0.5, 0.6) is 5.75 Å². The minimum absolute atomic E-state index is 0.0623. The van der Waals surface area contributed by atoms with Gasteiger partial charge in [0.1, 0.15) is 5.75 Å². The SMILES string of the molecule is CC(NCCO)c1cc(Br)cc(Cl)c1O. The second-order valence-electron chi connectivity index (χ2n) is 3.22. The van der Waals surface area contributed by atoms with Crippen LogP contribution in [-0.2, 0) is 0 Å². The second-order valence-corrected chi connectivity index (χ2v) is 4.55. The third-order valence-corrected chi connectivity index (χ3v) is 2.83. The number of benzene rings is 1. The largest absolute Gasteiger partial charge is 0.506 e. The first kappa shape index (κ1) is 12.8. The van der Waals surface area contributed by atoms with Crippen molar-refractivity contribution in [1.82, 2.24) is 5.32 Å². The lowest BCUT2D eigenvalue weighted by Crippen LogP contribution is -2.22. The van der Waals surface area contributed by atoms with Gasteiger partial charge in [-0.25, -0.2) is 0 Å². The summed E-state index contributed by atoms with van der Waals surface area (Å²) in [6.07, 6.45) is 0. The van der Waals surface area contributed by atoms with Crippen molar-refractivity contribution in [2.75, 3.05) is 13.2 Å². The average Bonchev–Trinajstić information content (AvgIpc) is 2.19.